The summed E-state index contributed by atoms with van der Waals surface area (Å²) in [6, 6.07) is 5.54. The molecule has 3 heterocycles. The average molecular weight is 362 g/mol. The summed E-state index contributed by atoms with van der Waals surface area (Å²) in [6.07, 6.45) is 0.613. The first-order valence-electron chi connectivity index (χ1n) is 9.07. The zero-order chi connectivity index (χ0) is 18.5. The number of carbonyl (C=O) groups excluding carboxylic acids is 1. The Bertz CT molecular complexity index is 648. The first-order chi connectivity index (χ1) is 12.5. The van der Waals surface area contributed by atoms with Crippen LogP contribution in [0.5, 0.6) is 0 Å². The van der Waals surface area contributed by atoms with Gasteiger partial charge in [-0.05, 0) is 24.5 Å². The van der Waals surface area contributed by atoms with Crippen molar-refractivity contribution in [1.82, 2.24) is 15.2 Å². The molecule has 1 aromatic rings. The van der Waals surface area contributed by atoms with E-state index in [1.165, 1.54) is 0 Å². The number of piperidine rings is 1. The number of pyridine rings is 1. The molecule has 2 N–H and O–H groups in total. The molecular formula is C18H26N4O4. The molecule has 2 saturated heterocycles. The molecule has 1 aromatic heterocycles. The lowest BCUT2D eigenvalue weighted by atomic mass is 9.91. The van der Waals surface area contributed by atoms with E-state index in [1.807, 2.05) is 25.1 Å². The number of urea groups is 1. The minimum Gasteiger partial charge on any atom is -0.481 e. The van der Waals surface area contributed by atoms with Crippen LogP contribution in [0, 0.1) is 11.8 Å². The van der Waals surface area contributed by atoms with Crippen LogP contribution in [0.2, 0.25) is 0 Å². The van der Waals surface area contributed by atoms with Gasteiger partial charge in [0.2, 0.25) is 0 Å². The number of carboxylic acid groups (broad SMARTS) is 1. The van der Waals surface area contributed by atoms with Gasteiger partial charge in [0.25, 0.3) is 0 Å². The third kappa shape index (κ3) is 4.63. The minimum atomic E-state index is -0.839. The maximum Gasteiger partial charge on any atom is 0.317 e. The highest BCUT2D eigenvalue weighted by molar-refractivity contribution is 5.76. The first-order valence-corrected chi connectivity index (χ1v) is 9.07. The van der Waals surface area contributed by atoms with Crippen molar-refractivity contribution in [2.75, 3.05) is 44.3 Å². The number of aromatic nitrogens is 1. The molecule has 2 fully saturated rings. The van der Waals surface area contributed by atoms with Crippen molar-refractivity contribution in [3.63, 3.8) is 0 Å². The van der Waals surface area contributed by atoms with E-state index in [2.05, 4.69) is 15.2 Å². The predicted octanol–water partition coefficient (Wildman–Crippen LogP) is 1.17. The molecular weight excluding hydrogens is 336 g/mol. The summed E-state index contributed by atoms with van der Waals surface area (Å²) in [5.74, 6) is -0.266. The number of aliphatic carboxylic acids is 1. The molecule has 0 saturated carbocycles. The zero-order valence-corrected chi connectivity index (χ0v) is 15.1. The van der Waals surface area contributed by atoms with Gasteiger partial charge in [-0.25, -0.2) is 9.78 Å². The summed E-state index contributed by atoms with van der Waals surface area (Å²) in [4.78, 5) is 32.1. The monoisotopic (exact) mass is 362 g/mol. The SMILES string of the molecule is CC1CC(C(=O)O)CN(C(=O)NCc2cccc(N3CCOCC3)n2)C1. The summed E-state index contributed by atoms with van der Waals surface area (Å²) in [7, 11) is 0. The van der Waals surface area contributed by atoms with Crippen molar-refractivity contribution >= 4 is 17.8 Å². The second-order valence-electron chi connectivity index (χ2n) is 7.03. The number of morpholine rings is 1. The lowest BCUT2D eigenvalue weighted by Gasteiger charge is -2.34. The number of carbonyl (C=O) groups is 2. The highest BCUT2D eigenvalue weighted by Gasteiger charge is 2.31. The fourth-order valence-corrected chi connectivity index (χ4v) is 3.51. The maximum absolute atomic E-state index is 12.4. The molecule has 2 aliphatic rings. The van der Waals surface area contributed by atoms with Crippen molar-refractivity contribution in [2.45, 2.75) is 19.9 Å². The smallest absolute Gasteiger partial charge is 0.317 e. The zero-order valence-electron chi connectivity index (χ0n) is 15.1. The predicted molar refractivity (Wildman–Crippen MR) is 96.0 cm³/mol. The van der Waals surface area contributed by atoms with E-state index in [9.17, 15) is 14.7 Å². The topological polar surface area (TPSA) is 95.0 Å². The number of likely N-dealkylation sites (tertiary alicyclic amines) is 1. The number of ether oxygens (including phenoxy) is 1. The number of hydrogen-bond acceptors (Lipinski definition) is 5. The number of carboxylic acids is 1. The number of anilines is 1. The van der Waals surface area contributed by atoms with Crippen LogP contribution >= 0.6 is 0 Å². The summed E-state index contributed by atoms with van der Waals surface area (Å²) < 4.78 is 5.36. The van der Waals surface area contributed by atoms with E-state index >= 15 is 0 Å². The van der Waals surface area contributed by atoms with Gasteiger partial charge < -0.3 is 25.0 Å². The Kier molecular flexibility index (Phi) is 5.92. The van der Waals surface area contributed by atoms with Crippen molar-refractivity contribution in [3.8, 4) is 0 Å². The Labute approximate surface area is 153 Å². The highest BCUT2D eigenvalue weighted by Crippen LogP contribution is 2.22. The molecule has 2 unspecified atom stereocenters. The van der Waals surface area contributed by atoms with Crippen molar-refractivity contribution in [3.05, 3.63) is 23.9 Å². The molecule has 8 heteroatoms. The molecule has 2 amide bonds. The Morgan fingerprint density at radius 3 is 2.81 bits per heavy atom. The standard InChI is InChI=1S/C18H26N4O4/c1-13-9-14(17(23)24)12-22(11-13)18(25)19-10-15-3-2-4-16(20-15)21-5-7-26-8-6-21/h2-4,13-14H,5-12H2,1H3,(H,19,25)(H,23,24). The fourth-order valence-electron chi connectivity index (χ4n) is 3.51. The van der Waals surface area contributed by atoms with Gasteiger partial charge in [0.15, 0.2) is 0 Å². The van der Waals surface area contributed by atoms with Crippen molar-refractivity contribution < 1.29 is 19.4 Å². The Morgan fingerprint density at radius 2 is 2.08 bits per heavy atom. The van der Waals surface area contributed by atoms with Crippen LogP contribution in [0.4, 0.5) is 10.6 Å². The fraction of sp³-hybridized carbons (Fsp3) is 0.611. The van der Waals surface area contributed by atoms with E-state index in [0.29, 0.717) is 32.7 Å². The summed E-state index contributed by atoms with van der Waals surface area (Å²) in [6.45, 7) is 6.14. The lowest BCUT2D eigenvalue weighted by molar-refractivity contribution is -0.143. The maximum atomic E-state index is 12.4. The van der Waals surface area contributed by atoms with Gasteiger partial charge in [0, 0.05) is 26.2 Å². The molecule has 0 spiro atoms. The molecule has 26 heavy (non-hydrogen) atoms. The number of rotatable bonds is 4. The summed E-state index contributed by atoms with van der Waals surface area (Å²) in [5.41, 5.74) is 0.780. The Morgan fingerprint density at radius 1 is 1.31 bits per heavy atom. The van der Waals surface area contributed by atoms with Crippen LogP contribution in [0.3, 0.4) is 0 Å². The van der Waals surface area contributed by atoms with Gasteiger partial charge in [-0.15, -0.1) is 0 Å². The minimum absolute atomic E-state index is 0.179. The van der Waals surface area contributed by atoms with Crippen molar-refractivity contribution in [1.29, 1.82) is 0 Å². The number of hydrogen-bond donors (Lipinski definition) is 2. The van der Waals surface area contributed by atoms with Gasteiger partial charge in [0.1, 0.15) is 5.82 Å². The van der Waals surface area contributed by atoms with Crippen molar-refractivity contribution in [2.24, 2.45) is 11.8 Å². The quantitative estimate of drug-likeness (QED) is 0.835. The molecule has 0 aliphatic carbocycles. The third-order valence-corrected chi connectivity index (χ3v) is 4.84. The van der Waals surface area contributed by atoms with Crippen LogP contribution in [0.15, 0.2) is 18.2 Å². The van der Waals surface area contributed by atoms with E-state index in [0.717, 1.165) is 24.6 Å². The lowest BCUT2D eigenvalue weighted by Crippen LogP contribution is -2.49. The van der Waals surface area contributed by atoms with E-state index in [-0.39, 0.29) is 18.5 Å². The van der Waals surface area contributed by atoms with Gasteiger partial charge in [-0.3, -0.25) is 4.79 Å². The largest absolute Gasteiger partial charge is 0.481 e. The number of nitrogens with one attached hydrogen (secondary N) is 1. The van der Waals surface area contributed by atoms with E-state index in [1.54, 1.807) is 4.90 Å². The molecule has 0 aromatic carbocycles. The number of nitrogens with zero attached hydrogens (tertiary/aromatic N) is 3. The van der Waals surface area contributed by atoms with Crippen LogP contribution in [0.1, 0.15) is 19.0 Å². The Hall–Kier alpha value is -2.35. The van der Waals surface area contributed by atoms with Crippen LogP contribution < -0.4 is 10.2 Å². The molecule has 8 nitrogen and oxygen atoms in total. The van der Waals surface area contributed by atoms with Crippen LogP contribution in [-0.4, -0.2) is 66.4 Å². The normalized spacial score (nSPS) is 23.6. The Balaban J connectivity index is 1.56. The van der Waals surface area contributed by atoms with E-state index < -0.39 is 11.9 Å². The second-order valence-corrected chi connectivity index (χ2v) is 7.03. The highest BCUT2D eigenvalue weighted by atomic mass is 16.5. The summed E-state index contributed by atoms with van der Waals surface area (Å²) >= 11 is 0. The third-order valence-electron chi connectivity index (χ3n) is 4.84. The molecule has 142 valence electrons. The van der Waals surface area contributed by atoms with Gasteiger partial charge >= 0.3 is 12.0 Å². The molecule has 3 rings (SSSR count). The van der Waals surface area contributed by atoms with E-state index in [4.69, 9.17) is 4.74 Å². The molecule has 2 aliphatic heterocycles. The molecule has 0 bridgehead atoms. The van der Waals surface area contributed by atoms with Crippen LogP contribution in [0.25, 0.3) is 0 Å². The van der Waals surface area contributed by atoms with Crippen LogP contribution in [-0.2, 0) is 16.1 Å². The first kappa shape index (κ1) is 18.4. The second kappa shape index (κ2) is 8.35. The molecule has 0 radical (unpaired) electrons. The summed E-state index contributed by atoms with van der Waals surface area (Å²) in [5, 5.41) is 12.1. The van der Waals surface area contributed by atoms with Gasteiger partial charge in [0.05, 0.1) is 31.4 Å². The van der Waals surface area contributed by atoms with Gasteiger partial charge in [-0.2, -0.15) is 0 Å². The number of amides is 2. The van der Waals surface area contributed by atoms with Gasteiger partial charge in [-0.1, -0.05) is 13.0 Å². The average Bonchev–Trinajstić information content (AvgIpc) is 2.66. The molecule has 2 atom stereocenters.